The lowest BCUT2D eigenvalue weighted by Gasteiger charge is -2.16. The van der Waals surface area contributed by atoms with Crippen molar-refractivity contribution < 1.29 is 23.8 Å². The van der Waals surface area contributed by atoms with Crippen molar-refractivity contribution in [3.8, 4) is 17.2 Å². The predicted molar refractivity (Wildman–Crippen MR) is 129 cm³/mol. The molecule has 0 aliphatic heterocycles. The molecule has 7 nitrogen and oxygen atoms in total. The van der Waals surface area contributed by atoms with Crippen molar-refractivity contribution in [1.29, 1.82) is 0 Å². The molecule has 3 rings (SSSR count). The maximum atomic E-state index is 12.5. The van der Waals surface area contributed by atoms with Gasteiger partial charge in [-0.05, 0) is 43.2 Å². The average molecular weight is 449 g/mol. The highest BCUT2D eigenvalue weighted by Gasteiger charge is 2.16. The minimum Gasteiger partial charge on any atom is -0.494 e. The summed E-state index contributed by atoms with van der Waals surface area (Å²) in [4.78, 5) is 25.0. The summed E-state index contributed by atoms with van der Waals surface area (Å²) in [7, 11) is 2.98. The zero-order valence-corrected chi connectivity index (χ0v) is 19.2. The fraction of sp³-hybridized carbons (Fsp3) is 0.231. The summed E-state index contributed by atoms with van der Waals surface area (Å²) < 4.78 is 16.6. The zero-order valence-electron chi connectivity index (χ0n) is 19.2. The monoisotopic (exact) mass is 448 g/mol. The standard InChI is InChI=1S/C26H28N2O5/c1-17-10-11-18(2)22(14-17)33-13-12-25(29)27-20-15-24(32-4)21(16-23(20)31-3)28-26(30)19-8-6-5-7-9-19/h5-11,14-16H,12-13H2,1-4H3,(H,27,29)(H,28,30). The number of hydrogen-bond donors (Lipinski definition) is 2. The normalized spacial score (nSPS) is 10.3. The summed E-state index contributed by atoms with van der Waals surface area (Å²) in [5, 5.41) is 5.64. The molecule has 2 N–H and O–H groups in total. The summed E-state index contributed by atoms with van der Waals surface area (Å²) in [6.45, 7) is 4.19. The van der Waals surface area contributed by atoms with Crippen LogP contribution in [0, 0.1) is 13.8 Å². The SMILES string of the molecule is COc1cc(NC(=O)c2ccccc2)c(OC)cc1NC(=O)CCOc1cc(C)ccc1C. The number of carbonyl (C=O) groups excluding carboxylic acids is 2. The largest absolute Gasteiger partial charge is 0.494 e. The van der Waals surface area contributed by atoms with E-state index in [1.165, 1.54) is 14.2 Å². The van der Waals surface area contributed by atoms with E-state index in [1.807, 2.05) is 38.1 Å². The highest BCUT2D eigenvalue weighted by molar-refractivity contribution is 6.05. The smallest absolute Gasteiger partial charge is 0.255 e. The number of methoxy groups -OCH3 is 2. The maximum Gasteiger partial charge on any atom is 0.255 e. The van der Waals surface area contributed by atoms with Crippen LogP contribution >= 0.6 is 0 Å². The summed E-state index contributed by atoms with van der Waals surface area (Å²) in [6, 6.07) is 18.0. The van der Waals surface area contributed by atoms with Gasteiger partial charge in [-0.15, -0.1) is 0 Å². The number of aryl methyl sites for hydroxylation is 2. The molecule has 7 heteroatoms. The Morgan fingerprint density at radius 3 is 2.06 bits per heavy atom. The van der Waals surface area contributed by atoms with Gasteiger partial charge in [0, 0.05) is 17.7 Å². The van der Waals surface area contributed by atoms with Crippen molar-refractivity contribution in [1.82, 2.24) is 0 Å². The second kappa shape index (κ2) is 11.0. The van der Waals surface area contributed by atoms with E-state index in [1.54, 1.807) is 36.4 Å². The number of benzene rings is 3. The molecule has 0 aliphatic rings. The number of nitrogens with one attached hydrogen (secondary N) is 2. The van der Waals surface area contributed by atoms with E-state index in [4.69, 9.17) is 14.2 Å². The van der Waals surface area contributed by atoms with Gasteiger partial charge in [0.25, 0.3) is 5.91 Å². The van der Waals surface area contributed by atoms with Crippen molar-refractivity contribution >= 4 is 23.2 Å². The molecule has 0 unspecified atom stereocenters. The molecular formula is C26H28N2O5. The fourth-order valence-electron chi connectivity index (χ4n) is 3.21. The van der Waals surface area contributed by atoms with Crippen molar-refractivity contribution in [2.24, 2.45) is 0 Å². The minimum absolute atomic E-state index is 0.158. The van der Waals surface area contributed by atoms with Gasteiger partial charge in [0.1, 0.15) is 17.2 Å². The van der Waals surface area contributed by atoms with E-state index in [0.717, 1.165) is 16.9 Å². The molecule has 0 saturated heterocycles. The number of rotatable bonds is 9. The molecule has 0 bridgehead atoms. The van der Waals surface area contributed by atoms with Gasteiger partial charge in [0.05, 0.1) is 38.6 Å². The number of carbonyl (C=O) groups is 2. The van der Waals surface area contributed by atoms with Crippen LogP contribution in [0.5, 0.6) is 17.2 Å². The quantitative estimate of drug-likeness (QED) is 0.482. The van der Waals surface area contributed by atoms with E-state index in [0.29, 0.717) is 28.4 Å². The third-order valence-corrected chi connectivity index (χ3v) is 5.01. The van der Waals surface area contributed by atoms with Gasteiger partial charge in [-0.2, -0.15) is 0 Å². The van der Waals surface area contributed by atoms with Crippen LogP contribution in [-0.4, -0.2) is 32.6 Å². The molecule has 0 aliphatic carbocycles. The second-order valence-electron chi connectivity index (χ2n) is 7.49. The van der Waals surface area contributed by atoms with E-state index < -0.39 is 0 Å². The first-order valence-electron chi connectivity index (χ1n) is 10.5. The lowest BCUT2D eigenvalue weighted by molar-refractivity contribution is -0.116. The van der Waals surface area contributed by atoms with Crippen molar-refractivity contribution in [3.63, 3.8) is 0 Å². The van der Waals surface area contributed by atoms with Gasteiger partial charge in [-0.1, -0.05) is 30.3 Å². The summed E-state index contributed by atoms with van der Waals surface area (Å²) in [5.74, 6) is 1.03. The number of anilines is 2. The Bertz CT molecular complexity index is 1130. The van der Waals surface area contributed by atoms with Crippen LogP contribution in [0.15, 0.2) is 60.7 Å². The van der Waals surface area contributed by atoms with Crippen LogP contribution in [0.4, 0.5) is 11.4 Å². The molecule has 2 amide bonds. The lowest BCUT2D eigenvalue weighted by atomic mass is 10.1. The first kappa shape index (κ1) is 23.7. The molecule has 0 atom stereocenters. The Kier molecular flexibility index (Phi) is 7.91. The predicted octanol–water partition coefficient (Wildman–Crippen LogP) is 4.98. The number of amides is 2. The van der Waals surface area contributed by atoms with Gasteiger partial charge in [0.15, 0.2) is 0 Å². The summed E-state index contributed by atoms with van der Waals surface area (Å²) >= 11 is 0. The number of ether oxygens (including phenoxy) is 3. The lowest BCUT2D eigenvalue weighted by Crippen LogP contribution is -2.17. The van der Waals surface area contributed by atoms with E-state index >= 15 is 0 Å². The van der Waals surface area contributed by atoms with Crippen molar-refractivity contribution in [2.45, 2.75) is 20.3 Å². The van der Waals surface area contributed by atoms with Gasteiger partial charge in [-0.25, -0.2) is 0 Å². The Morgan fingerprint density at radius 2 is 1.42 bits per heavy atom. The third-order valence-electron chi connectivity index (χ3n) is 5.01. The molecule has 0 radical (unpaired) electrons. The van der Waals surface area contributed by atoms with Gasteiger partial charge >= 0.3 is 0 Å². The van der Waals surface area contributed by atoms with Crippen LogP contribution in [0.3, 0.4) is 0 Å². The van der Waals surface area contributed by atoms with Gasteiger partial charge in [-0.3, -0.25) is 9.59 Å². The second-order valence-corrected chi connectivity index (χ2v) is 7.49. The minimum atomic E-state index is -0.281. The molecule has 3 aromatic rings. The van der Waals surface area contributed by atoms with Crippen molar-refractivity contribution in [3.05, 3.63) is 77.4 Å². The Hall–Kier alpha value is -4.00. The molecule has 0 spiro atoms. The first-order valence-corrected chi connectivity index (χ1v) is 10.5. The molecule has 33 heavy (non-hydrogen) atoms. The highest BCUT2D eigenvalue weighted by Crippen LogP contribution is 2.36. The summed E-state index contributed by atoms with van der Waals surface area (Å²) in [5.41, 5.74) is 3.49. The molecule has 0 saturated carbocycles. The highest BCUT2D eigenvalue weighted by atomic mass is 16.5. The zero-order chi connectivity index (χ0) is 23.8. The Morgan fingerprint density at radius 1 is 0.788 bits per heavy atom. The van der Waals surface area contributed by atoms with Gasteiger partial charge in [0.2, 0.25) is 5.91 Å². The first-order chi connectivity index (χ1) is 15.9. The molecule has 172 valence electrons. The topological polar surface area (TPSA) is 85.9 Å². The van der Waals surface area contributed by atoms with Crippen LogP contribution in [0.25, 0.3) is 0 Å². The third kappa shape index (κ3) is 6.26. The van der Waals surface area contributed by atoms with Crippen molar-refractivity contribution in [2.75, 3.05) is 31.5 Å². The molecule has 0 aromatic heterocycles. The van der Waals surface area contributed by atoms with E-state index in [9.17, 15) is 9.59 Å². The van der Waals surface area contributed by atoms with E-state index in [2.05, 4.69) is 10.6 Å². The average Bonchev–Trinajstić information content (AvgIpc) is 2.82. The van der Waals surface area contributed by atoms with E-state index in [-0.39, 0.29) is 24.8 Å². The number of hydrogen-bond acceptors (Lipinski definition) is 5. The maximum absolute atomic E-state index is 12.5. The summed E-state index contributed by atoms with van der Waals surface area (Å²) in [6.07, 6.45) is 0.158. The molecule has 0 fully saturated rings. The fourth-order valence-corrected chi connectivity index (χ4v) is 3.21. The molecule has 3 aromatic carbocycles. The molecule has 0 heterocycles. The van der Waals surface area contributed by atoms with Gasteiger partial charge < -0.3 is 24.8 Å². The van der Waals surface area contributed by atoms with Crippen LogP contribution < -0.4 is 24.8 Å². The van der Waals surface area contributed by atoms with Crippen LogP contribution in [0.2, 0.25) is 0 Å². The molecular weight excluding hydrogens is 420 g/mol. The Labute approximate surface area is 193 Å². The van der Waals surface area contributed by atoms with Crippen LogP contribution in [-0.2, 0) is 4.79 Å². The van der Waals surface area contributed by atoms with Crippen LogP contribution in [0.1, 0.15) is 27.9 Å². The Balaban J connectivity index is 1.67.